The molecule has 11 nitrogen and oxygen atoms in total. The van der Waals surface area contributed by atoms with Gasteiger partial charge < -0.3 is 41.5 Å². The number of hydrogen-bond donors (Lipinski definition) is 5. The summed E-state index contributed by atoms with van der Waals surface area (Å²) in [5, 5.41) is 18.0. The van der Waals surface area contributed by atoms with Gasteiger partial charge in [0.25, 0.3) is 0 Å². The van der Waals surface area contributed by atoms with E-state index in [2.05, 4.69) is 20.9 Å². The second-order valence-electron chi connectivity index (χ2n) is 9.78. The molecule has 3 aliphatic heterocycles. The monoisotopic (exact) mass is 533 g/mol. The van der Waals surface area contributed by atoms with E-state index in [1.807, 2.05) is 31.2 Å². The number of likely N-dealkylation sites (tertiary alicyclic amines) is 2. The maximum absolute atomic E-state index is 13.0. The van der Waals surface area contributed by atoms with Crippen LogP contribution in [-0.4, -0.2) is 113 Å². The molecular formula is C25H39N7O4S. The van der Waals surface area contributed by atoms with Crippen LogP contribution in [0.3, 0.4) is 0 Å². The summed E-state index contributed by atoms with van der Waals surface area (Å²) in [5.41, 5.74) is 7.82. The maximum atomic E-state index is 13.0. The van der Waals surface area contributed by atoms with Crippen molar-refractivity contribution in [1.82, 2.24) is 20.0 Å². The van der Waals surface area contributed by atoms with Crippen LogP contribution in [0.15, 0.2) is 24.3 Å². The summed E-state index contributed by atoms with van der Waals surface area (Å²) < 4.78 is 0. The molecule has 3 aliphatic rings. The fraction of sp³-hybridized carbons (Fsp3) is 0.640. The number of rotatable bonds is 10. The molecule has 0 aliphatic carbocycles. The average molecular weight is 534 g/mol. The van der Waals surface area contributed by atoms with Crippen LogP contribution >= 0.6 is 11.8 Å². The number of amides is 4. The summed E-state index contributed by atoms with van der Waals surface area (Å²) in [4.78, 5) is 43.6. The number of hydrogen-bond acceptors (Lipinski definition) is 8. The van der Waals surface area contributed by atoms with Crippen molar-refractivity contribution in [2.45, 2.75) is 49.0 Å². The molecule has 1 aromatic rings. The highest BCUT2D eigenvalue weighted by atomic mass is 32.2. The number of likely N-dealkylation sites (N-methyl/N-ethyl adjacent to an activating group) is 1. The van der Waals surface area contributed by atoms with Crippen molar-refractivity contribution < 1.29 is 19.5 Å². The standard InChI is InChI=1S/C25H39N7O4S/c1-2-32-22(34)20(37-24(32)21(26)23(35)31-13-9-19(33)16-31)15-28-17-5-7-18(8-6-17)29-25(36)27-10-14-30-11-3-4-12-30/h5-8,19-21,24,28,33H,2-4,9-16,26H2,1H3,(H2,27,29,36)/t19?,20-,21-,24?/m1/s1. The van der Waals surface area contributed by atoms with Gasteiger partial charge in [0.05, 0.1) is 6.10 Å². The van der Waals surface area contributed by atoms with Gasteiger partial charge in [-0.15, -0.1) is 11.8 Å². The Hall–Kier alpha value is -2.54. The Morgan fingerprint density at radius 3 is 2.51 bits per heavy atom. The van der Waals surface area contributed by atoms with Gasteiger partial charge in [0.2, 0.25) is 11.8 Å². The summed E-state index contributed by atoms with van der Waals surface area (Å²) >= 11 is 1.41. The van der Waals surface area contributed by atoms with Gasteiger partial charge in [-0.05, 0) is 63.5 Å². The van der Waals surface area contributed by atoms with Gasteiger partial charge in [0, 0.05) is 50.6 Å². The van der Waals surface area contributed by atoms with Gasteiger partial charge in [-0.3, -0.25) is 9.59 Å². The highest BCUT2D eigenvalue weighted by Gasteiger charge is 2.45. The van der Waals surface area contributed by atoms with Gasteiger partial charge in [0.1, 0.15) is 16.7 Å². The molecule has 37 heavy (non-hydrogen) atoms. The first-order chi connectivity index (χ1) is 17.9. The summed E-state index contributed by atoms with van der Waals surface area (Å²) in [6, 6.07) is 6.27. The van der Waals surface area contributed by atoms with Crippen molar-refractivity contribution in [2.24, 2.45) is 5.73 Å². The number of carbonyl (C=O) groups excluding carboxylic acids is 3. The number of nitrogens with zero attached hydrogens (tertiary/aromatic N) is 3. The minimum Gasteiger partial charge on any atom is -0.391 e. The second-order valence-corrected chi connectivity index (χ2v) is 11.1. The molecule has 204 valence electrons. The van der Waals surface area contributed by atoms with Crippen molar-refractivity contribution in [3.8, 4) is 0 Å². The Kier molecular flexibility index (Phi) is 9.52. The number of urea groups is 1. The number of thioether (sulfide) groups is 1. The SMILES string of the molecule is CCN1C(=O)[C@@H](CNc2ccc(NC(=O)NCCN3CCCC3)cc2)SC1[C@H](N)C(=O)N1CCC(O)C1. The summed E-state index contributed by atoms with van der Waals surface area (Å²) in [5.74, 6) is -0.268. The number of carbonyl (C=O) groups is 3. The first kappa shape index (κ1) is 27.5. The second kappa shape index (κ2) is 12.8. The zero-order chi connectivity index (χ0) is 26.4. The smallest absolute Gasteiger partial charge is 0.319 e. The van der Waals surface area contributed by atoms with Crippen LogP contribution in [0.1, 0.15) is 26.2 Å². The maximum Gasteiger partial charge on any atom is 0.319 e. The zero-order valence-electron chi connectivity index (χ0n) is 21.4. The van der Waals surface area contributed by atoms with Gasteiger partial charge in [-0.2, -0.15) is 0 Å². The van der Waals surface area contributed by atoms with Gasteiger partial charge in [0.15, 0.2) is 0 Å². The van der Waals surface area contributed by atoms with Crippen LogP contribution < -0.4 is 21.7 Å². The largest absolute Gasteiger partial charge is 0.391 e. The van der Waals surface area contributed by atoms with Gasteiger partial charge in [-0.25, -0.2) is 4.79 Å². The first-order valence-electron chi connectivity index (χ1n) is 13.1. The van der Waals surface area contributed by atoms with Gasteiger partial charge in [-0.1, -0.05) is 0 Å². The van der Waals surface area contributed by atoms with Crippen LogP contribution in [0.4, 0.5) is 16.2 Å². The summed E-state index contributed by atoms with van der Waals surface area (Å²) in [6.07, 6.45) is 2.51. The number of anilines is 2. The van der Waals surface area contributed by atoms with E-state index in [1.165, 1.54) is 24.6 Å². The van der Waals surface area contributed by atoms with Crippen LogP contribution in [0.5, 0.6) is 0 Å². The molecule has 0 saturated carbocycles. The Labute approximate surface area is 222 Å². The fourth-order valence-electron chi connectivity index (χ4n) is 5.03. The third-order valence-electron chi connectivity index (χ3n) is 7.12. The van der Waals surface area contributed by atoms with E-state index in [4.69, 9.17) is 5.73 Å². The highest BCUT2D eigenvalue weighted by molar-refractivity contribution is 8.01. The van der Waals surface area contributed by atoms with Gasteiger partial charge >= 0.3 is 6.03 Å². The minimum atomic E-state index is -0.837. The molecule has 12 heteroatoms. The number of nitrogens with one attached hydrogen (secondary N) is 3. The van der Waals surface area contributed by atoms with Crippen LogP contribution in [0.25, 0.3) is 0 Å². The van der Waals surface area contributed by atoms with Crippen LogP contribution in [-0.2, 0) is 9.59 Å². The minimum absolute atomic E-state index is 0.0430. The van der Waals surface area contributed by atoms with E-state index in [0.717, 1.165) is 25.3 Å². The third-order valence-corrected chi connectivity index (χ3v) is 8.65. The van der Waals surface area contributed by atoms with Crippen molar-refractivity contribution in [3.05, 3.63) is 24.3 Å². The molecule has 0 aromatic heterocycles. The number of nitrogens with two attached hydrogens (primary N) is 1. The number of aliphatic hydroxyl groups is 1. The fourth-order valence-corrected chi connectivity index (χ4v) is 6.48. The van der Waals surface area contributed by atoms with Crippen molar-refractivity contribution in [3.63, 3.8) is 0 Å². The number of β-amino-alcohol motifs (C(OH)–C–C–N with tert-alkyl or cyclic N) is 1. The number of aliphatic hydroxyl groups excluding tert-OH is 1. The Bertz CT molecular complexity index is 943. The van der Waals surface area contributed by atoms with Crippen LogP contribution in [0.2, 0.25) is 0 Å². The van der Waals surface area contributed by atoms with E-state index in [0.29, 0.717) is 44.8 Å². The van der Waals surface area contributed by atoms with Crippen molar-refractivity contribution >= 4 is 41.0 Å². The Balaban J connectivity index is 1.23. The molecule has 4 rings (SSSR count). The lowest BCUT2D eigenvalue weighted by Crippen LogP contribution is -2.53. The topological polar surface area (TPSA) is 143 Å². The Morgan fingerprint density at radius 2 is 1.86 bits per heavy atom. The molecule has 2 unspecified atom stereocenters. The van der Waals surface area contributed by atoms with Crippen molar-refractivity contribution in [1.29, 1.82) is 0 Å². The lowest BCUT2D eigenvalue weighted by Gasteiger charge is -2.29. The van der Waals surface area contributed by atoms with E-state index >= 15 is 0 Å². The Morgan fingerprint density at radius 1 is 1.16 bits per heavy atom. The van der Waals surface area contributed by atoms with Crippen molar-refractivity contribution in [2.75, 3.05) is 63.0 Å². The van der Waals surface area contributed by atoms with E-state index in [1.54, 1.807) is 9.80 Å². The normalized spacial score (nSPS) is 24.9. The van der Waals surface area contributed by atoms with Crippen LogP contribution in [0, 0.1) is 0 Å². The lowest BCUT2D eigenvalue weighted by atomic mass is 10.2. The predicted octanol–water partition coefficient (Wildman–Crippen LogP) is 0.526. The highest BCUT2D eigenvalue weighted by Crippen LogP contribution is 2.34. The molecule has 3 fully saturated rings. The zero-order valence-corrected chi connectivity index (χ0v) is 22.2. The lowest BCUT2D eigenvalue weighted by molar-refractivity contribution is -0.134. The summed E-state index contributed by atoms with van der Waals surface area (Å²) in [7, 11) is 0. The molecule has 6 N–H and O–H groups in total. The molecule has 0 bridgehead atoms. The van der Waals surface area contributed by atoms with E-state index in [-0.39, 0.29) is 23.1 Å². The number of benzene rings is 1. The quantitative estimate of drug-likeness (QED) is 0.293. The average Bonchev–Trinajstić information content (AvgIpc) is 3.63. The molecular weight excluding hydrogens is 494 g/mol. The van der Waals surface area contributed by atoms with E-state index in [9.17, 15) is 19.5 Å². The third kappa shape index (κ3) is 7.07. The summed E-state index contributed by atoms with van der Waals surface area (Å²) in [6.45, 7) is 7.21. The molecule has 3 saturated heterocycles. The van der Waals surface area contributed by atoms with E-state index < -0.39 is 17.5 Å². The molecule has 1 aromatic carbocycles. The molecule has 0 radical (unpaired) electrons. The molecule has 4 atom stereocenters. The molecule has 4 amide bonds. The first-order valence-corrected chi connectivity index (χ1v) is 14.1. The molecule has 0 spiro atoms. The predicted molar refractivity (Wildman–Crippen MR) is 145 cm³/mol. The molecule has 3 heterocycles.